The van der Waals surface area contributed by atoms with Crippen LogP contribution in [0.15, 0.2) is 42.6 Å². The van der Waals surface area contributed by atoms with Gasteiger partial charge in [-0.1, -0.05) is 0 Å². The highest BCUT2D eigenvalue weighted by atomic mass is 32.2. The highest BCUT2D eigenvalue weighted by molar-refractivity contribution is 7.89. The Morgan fingerprint density at radius 2 is 2.07 bits per heavy atom. The van der Waals surface area contributed by atoms with Gasteiger partial charge in [0.15, 0.2) is 0 Å². The Hall–Kier alpha value is -2.47. The Balaban J connectivity index is 1.61. The Kier molecular flexibility index (Phi) is 6.62. The van der Waals surface area contributed by atoms with Crippen LogP contribution in [0.25, 0.3) is 11.3 Å². The summed E-state index contributed by atoms with van der Waals surface area (Å²) >= 11 is 0. The second-order valence-corrected chi connectivity index (χ2v) is 8.67. The first-order chi connectivity index (χ1) is 13.5. The molecule has 1 aromatic heterocycles. The van der Waals surface area contributed by atoms with Crippen molar-refractivity contribution >= 4 is 10.0 Å². The van der Waals surface area contributed by atoms with Gasteiger partial charge < -0.3 is 9.47 Å². The molecule has 1 aromatic carbocycles. The summed E-state index contributed by atoms with van der Waals surface area (Å²) in [5.74, 6) is 0.804. The third-order valence-electron chi connectivity index (χ3n) is 4.72. The number of pyridine rings is 1. The van der Waals surface area contributed by atoms with Crippen molar-refractivity contribution in [1.82, 2.24) is 9.71 Å². The fourth-order valence-electron chi connectivity index (χ4n) is 2.98. The summed E-state index contributed by atoms with van der Waals surface area (Å²) in [6.07, 6.45) is 2.28. The number of hydrogen-bond acceptors (Lipinski definition) is 6. The van der Waals surface area contributed by atoms with Crippen molar-refractivity contribution in [3.8, 4) is 23.1 Å². The summed E-state index contributed by atoms with van der Waals surface area (Å²) in [6.45, 7) is 2.98. The lowest BCUT2D eigenvalue weighted by atomic mass is 9.97. The van der Waals surface area contributed by atoms with Crippen molar-refractivity contribution in [2.75, 3.05) is 25.6 Å². The molecule has 1 saturated heterocycles. The topological polar surface area (TPSA) is 101 Å². The molecule has 2 aromatic rings. The van der Waals surface area contributed by atoms with Gasteiger partial charge >= 0.3 is 0 Å². The molecule has 0 spiro atoms. The normalized spacial score (nSPS) is 19.7. The van der Waals surface area contributed by atoms with Crippen LogP contribution in [0.3, 0.4) is 0 Å². The van der Waals surface area contributed by atoms with Crippen LogP contribution in [-0.2, 0) is 14.8 Å². The second kappa shape index (κ2) is 9.15. The molecule has 1 aliphatic rings. The van der Waals surface area contributed by atoms with Crippen molar-refractivity contribution in [3.05, 3.63) is 48.2 Å². The number of benzene rings is 1. The molecular formula is C20H23N3O4S. The van der Waals surface area contributed by atoms with Crippen LogP contribution in [-0.4, -0.2) is 45.0 Å². The van der Waals surface area contributed by atoms with Gasteiger partial charge in [0, 0.05) is 24.3 Å². The zero-order chi connectivity index (χ0) is 20.0. The van der Waals surface area contributed by atoms with E-state index in [1.165, 1.54) is 0 Å². The molecule has 8 heteroatoms. The molecule has 0 unspecified atom stereocenters. The van der Waals surface area contributed by atoms with E-state index in [1.807, 2.05) is 30.3 Å². The maximum absolute atomic E-state index is 11.9. The molecule has 0 radical (unpaired) electrons. The molecule has 0 aliphatic carbocycles. The third kappa shape index (κ3) is 5.29. The Bertz CT molecular complexity index is 921. The largest absolute Gasteiger partial charge is 0.493 e. The highest BCUT2D eigenvalue weighted by Crippen LogP contribution is 2.23. The smallest absolute Gasteiger partial charge is 0.211 e. The minimum Gasteiger partial charge on any atom is -0.493 e. The quantitative estimate of drug-likeness (QED) is 0.764. The molecule has 1 N–H and O–H groups in total. The lowest BCUT2D eigenvalue weighted by Gasteiger charge is -2.31. The monoisotopic (exact) mass is 401 g/mol. The van der Waals surface area contributed by atoms with E-state index in [4.69, 9.17) is 14.7 Å². The van der Waals surface area contributed by atoms with Gasteiger partial charge in [-0.25, -0.2) is 13.1 Å². The number of hydrogen-bond donors (Lipinski definition) is 1. The van der Waals surface area contributed by atoms with E-state index in [0.717, 1.165) is 17.7 Å². The molecule has 0 amide bonds. The van der Waals surface area contributed by atoms with Crippen molar-refractivity contribution in [2.24, 2.45) is 5.92 Å². The van der Waals surface area contributed by atoms with E-state index in [-0.39, 0.29) is 17.7 Å². The van der Waals surface area contributed by atoms with Gasteiger partial charge in [-0.3, -0.25) is 4.98 Å². The molecule has 1 aliphatic heterocycles. The summed E-state index contributed by atoms with van der Waals surface area (Å²) in [7, 11) is -3.29. The molecule has 2 atom stereocenters. The number of rotatable bonds is 7. The molecule has 28 heavy (non-hydrogen) atoms. The predicted molar refractivity (Wildman–Crippen MR) is 105 cm³/mol. The maximum atomic E-state index is 11.9. The van der Waals surface area contributed by atoms with E-state index in [1.54, 1.807) is 25.3 Å². The van der Waals surface area contributed by atoms with Crippen LogP contribution in [0.2, 0.25) is 0 Å². The second-order valence-electron chi connectivity index (χ2n) is 6.63. The van der Waals surface area contributed by atoms with Gasteiger partial charge in [0.1, 0.15) is 11.8 Å². The predicted octanol–water partition coefficient (Wildman–Crippen LogP) is 2.34. The minimum atomic E-state index is -3.29. The van der Waals surface area contributed by atoms with Crippen LogP contribution < -0.4 is 9.46 Å². The van der Waals surface area contributed by atoms with Gasteiger partial charge in [0.25, 0.3) is 0 Å². The molecular weight excluding hydrogens is 378 g/mol. The molecule has 1 fully saturated rings. The number of aromatic nitrogens is 1. The van der Waals surface area contributed by atoms with Gasteiger partial charge in [-0.15, -0.1) is 0 Å². The third-order valence-corrected chi connectivity index (χ3v) is 6.14. The van der Waals surface area contributed by atoms with Crippen molar-refractivity contribution in [2.45, 2.75) is 19.4 Å². The molecule has 0 saturated carbocycles. The fourth-order valence-corrected chi connectivity index (χ4v) is 3.87. The van der Waals surface area contributed by atoms with E-state index in [9.17, 15) is 8.42 Å². The summed E-state index contributed by atoms with van der Waals surface area (Å²) in [6, 6.07) is 12.8. The lowest BCUT2D eigenvalue weighted by Crippen LogP contribution is -2.48. The van der Waals surface area contributed by atoms with Crippen LogP contribution in [0.1, 0.15) is 18.9 Å². The maximum Gasteiger partial charge on any atom is 0.211 e. The van der Waals surface area contributed by atoms with Crippen LogP contribution >= 0.6 is 0 Å². The Labute approximate surface area is 165 Å². The minimum absolute atomic E-state index is 0.0436. The summed E-state index contributed by atoms with van der Waals surface area (Å²) in [5, 5.41) is 8.84. The average Bonchev–Trinajstić information content (AvgIpc) is 2.73. The fraction of sp³-hybridized carbons (Fsp3) is 0.400. The summed E-state index contributed by atoms with van der Waals surface area (Å²) < 4.78 is 37.8. The number of nitrogens with one attached hydrogen (secondary N) is 1. The van der Waals surface area contributed by atoms with Gasteiger partial charge in [-0.05, 0) is 49.7 Å². The first-order valence-corrected chi connectivity index (χ1v) is 10.8. The number of sulfonamides is 1. The van der Waals surface area contributed by atoms with E-state index in [0.29, 0.717) is 31.1 Å². The number of ether oxygens (including phenoxy) is 2. The molecule has 2 heterocycles. The summed E-state index contributed by atoms with van der Waals surface area (Å²) in [5.41, 5.74) is 2.23. The molecule has 3 rings (SSSR count). The Morgan fingerprint density at radius 3 is 2.71 bits per heavy atom. The first kappa shape index (κ1) is 20.3. The number of nitrogens with zero attached hydrogens (tertiary/aromatic N) is 2. The van der Waals surface area contributed by atoms with Crippen LogP contribution in [0.4, 0.5) is 0 Å². The summed E-state index contributed by atoms with van der Waals surface area (Å²) in [4.78, 5) is 4.28. The zero-order valence-corrected chi connectivity index (χ0v) is 16.5. The van der Waals surface area contributed by atoms with Crippen LogP contribution in [0, 0.1) is 17.2 Å². The lowest BCUT2D eigenvalue weighted by molar-refractivity contribution is 0.0274. The van der Waals surface area contributed by atoms with Crippen LogP contribution in [0.5, 0.6) is 5.75 Å². The van der Waals surface area contributed by atoms with E-state index >= 15 is 0 Å². The van der Waals surface area contributed by atoms with Gasteiger partial charge in [0.05, 0.1) is 36.3 Å². The SMILES string of the molecule is CCS(=O)(=O)N[C@H]1COCC[C@@H]1COc1ccc(-c2ccc(C#N)cn2)cc1. The average molecular weight is 401 g/mol. The molecule has 148 valence electrons. The van der Waals surface area contributed by atoms with Gasteiger partial charge in [-0.2, -0.15) is 5.26 Å². The first-order valence-electron chi connectivity index (χ1n) is 9.18. The van der Waals surface area contributed by atoms with Gasteiger partial charge in [0.2, 0.25) is 10.0 Å². The molecule has 0 bridgehead atoms. The van der Waals surface area contributed by atoms with E-state index in [2.05, 4.69) is 9.71 Å². The van der Waals surface area contributed by atoms with E-state index < -0.39 is 10.0 Å². The van der Waals surface area contributed by atoms with Crippen molar-refractivity contribution in [3.63, 3.8) is 0 Å². The number of nitriles is 1. The van der Waals surface area contributed by atoms with Crippen molar-refractivity contribution < 1.29 is 17.9 Å². The zero-order valence-electron chi connectivity index (χ0n) is 15.7. The Morgan fingerprint density at radius 1 is 1.29 bits per heavy atom. The standard InChI is InChI=1S/C20H23N3O4S/c1-2-28(24,25)23-20-14-26-10-9-17(20)13-27-18-6-4-16(5-7-18)19-8-3-15(11-21)12-22-19/h3-8,12,17,20,23H,2,9-10,13-14H2,1H3/t17-,20+/m1/s1. The highest BCUT2D eigenvalue weighted by Gasteiger charge is 2.29. The van der Waals surface area contributed by atoms with Crippen molar-refractivity contribution in [1.29, 1.82) is 5.26 Å². The molecule has 7 nitrogen and oxygen atoms in total.